The number of rotatable bonds is 4. The van der Waals surface area contributed by atoms with E-state index in [-0.39, 0.29) is 0 Å². The Morgan fingerprint density at radius 3 is 2.33 bits per heavy atom. The van der Waals surface area contributed by atoms with Gasteiger partial charge in [-0.3, -0.25) is 4.98 Å². The highest BCUT2D eigenvalue weighted by Crippen LogP contribution is 2.23. The van der Waals surface area contributed by atoms with Gasteiger partial charge < -0.3 is 15.0 Å². The highest BCUT2D eigenvalue weighted by molar-refractivity contribution is 5.48. The first-order valence-corrected chi connectivity index (χ1v) is 8.98. The first-order valence-electron chi connectivity index (χ1n) is 8.98. The SMILES string of the molecule is c1ccccc1.c1ncc(N2CCCC2)cc1OCC1CCCN1. The highest BCUT2D eigenvalue weighted by atomic mass is 16.5. The summed E-state index contributed by atoms with van der Waals surface area (Å²) in [5.74, 6) is 0.896. The number of benzene rings is 1. The second kappa shape index (κ2) is 9.28. The standard InChI is InChI=1S/C14H21N3O.C6H6/c1-2-7-17(6-1)13-8-14(10-15-9-13)18-11-12-4-3-5-16-12;1-2-4-6-5-3-1/h8-10,12,16H,1-7,11H2;1-6H. The molecule has 0 amide bonds. The first-order chi connectivity index (χ1) is 11.9. The normalized spacial score (nSPS) is 19.7. The Bertz CT molecular complexity index is 552. The summed E-state index contributed by atoms with van der Waals surface area (Å²) >= 11 is 0. The molecule has 4 heteroatoms. The average molecular weight is 325 g/mol. The van der Waals surface area contributed by atoms with Gasteiger partial charge in [0.15, 0.2) is 0 Å². The minimum atomic E-state index is 0.514. The van der Waals surface area contributed by atoms with Gasteiger partial charge in [-0.1, -0.05) is 36.4 Å². The minimum absolute atomic E-state index is 0.514. The third kappa shape index (κ3) is 5.24. The topological polar surface area (TPSA) is 37.4 Å². The van der Waals surface area contributed by atoms with Gasteiger partial charge >= 0.3 is 0 Å². The van der Waals surface area contributed by atoms with Gasteiger partial charge in [-0.2, -0.15) is 0 Å². The number of pyridine rings is 1. The van der Waals surface area contributed by atoms with Gasteiger partial charge in [0.1, 0.15) is 12.4 Å². The van der Waals surface area contributed by atoms with Crippen LogP contribution in [0.3, 0.4) is 0 Å². The van der Waals surface area contributed by atoms with E-state index in [2.05, 4.69) is 21.3 Å². The van der Waals surface area contributed by atoms with Crippen molar-refractivity contribution in [1.82, 2.24) is 10.3 Å². The molecule has 0 aliphatic carbocycles. The Balaban J connectivity index is 0.000000238. The Labute approximate surface area is 144 Å². The van der Waals surface area contributed by atoms with E-state index in [1.54, 1.807) is 0 Å². The molecule has 2 saturated heterocycles. The summed E-state index contributed by atoms with van der Waals surface area (Å²) in [6.07, 6.45) is 8.81. The third-order valence-corrected chi connectivity index (χ3v) is 4.45. The van der Waals surface area contributed by atoms with Gasteiger partial charge in [0, 0.05) is 25.2 Å². The Hall–Kier alpha value is -2.07. The molecule has 24 heavy (non-hydrogen) atoms. The molecule has 2 fully saturated rings. The summed E-state index contributed by atoms with van der Waals surface area (Å²) in [4.78, 5) is 6.67. The molecule has 3 heterocycles. The number of hydrogen-bond acceptors (Lipinski definition) is 4. The fraction of sp³-hybridized carbons (Fsp3) is 0.450. The van der Waals surface area contributed by atoms with E-state index >= 15 is 0 Å². The molecular formula is C20H27N3O. The molecular weight excluding hydrogens is 298 g/mol. The van der Waals surface area contributed by atoms with Crippen LogP contribution < -0.4 is 15.0 Å². The van der Waals surface area contributed by atoms with E-state index in [4.69, 9.17) is 4.74 Å². The van der Waals surface area contributed by atoms with Crippen LogP contribution in [0.5, 0.6) is 5.75 Å². The highest BCUT2D eigenvalue weighted by Gasteiger charge is 2.16. The fourth-order valence-corrected chi connectivity index (χ4v) is 3.12. The van der Waals surface area contributed by atoms with Crippen LogP contribution in [-0.2, 0) is 0 Å². The van der Waals surface area contributed by atoms with Crippen molar-refractivity contribution in [1.29, 1.82) is 0 Å². The molecule has 0 radical (unpaired) electrons. The lowest BCUT2D eigenvalue weighted by Crippen LogP contribution is -2.28. The predicted molar refractivity (Wildman–Crippen MR) is 98.6 cm³/mol. The fourth-order valence-electron chi connectivity index (χ4n) is 3.12. The van der Waals surface area contributed by atoms with Crippen molar-refractivity contribution in [2.24, 2.45) is 0 Å². The summed E-state index contributed by atoms with van der Waals surface area (Å²) in [5, 5.41) is 3.44. The molecule has 4 rings (SSSR count). The molecule has 2 aliphatic rings. The zero-order valence-corrected chi connectivity index (χ0v) is 14.2. The van der Waals surface area contributed by atoms with Crippen LogP contribution in [0.1, 0.15) is 25.7 Å². The van der Waals surface area contributed by atoms with Gasteiger partial charge in [0.05, 0.1) is 18.1 Å². The van der Waals surface area contributed by atoms with Crippen molar-refractivity contribution in [3.05, 3.63) is 54.9 Å². The molecule has 128 valence electrons. The molecule has 4 nitrogen and oxygen atoms in total. The van der Waals surface area contributed by atoms with Crippen molar-refractivity contribution >= 4 is 5.69 Å². The minimum Gasteiger partial charge on any atom is -0.490 e. The molecule has 1 unspecified atom stereocenters. The van der Waals surface area contributed by atoms with Crippen molar-refractivity contribution < 1.29 is 4.74 Å². The zero-order valence-electron chi connectivity index (χ0n) is 14.2. The lowest BCUT2D eigenvalue weighted by atomic mass is 10.2. The third-order valence-electron chi connectivity index (χ3n) is 4.45. The number of nitrogens with zero attached hydrogens (tertiary/aromatic N) is 2. The summed E-state index contributed by atoms with van der Waals surface area (Å²) < 4.78 is 5.84. The van der Waals surface area contributed by atoms with E-state index in [9.17, 15) is 0 Å². The van der Waals surface area contributed by atoms with Gasteiger partial charge in [-0.25, -0.2) is 0 Å². The summed E-state index contributed by atoms with van der Waals surface area (Å²) in [6, 6.07) is 14.6. The summed E-state index contributed by atoms with van der Waals surface area (Å²) in [5.41, 5.74) is 1.20. The van der Waals surface area contributed by atoms with Crippen LogP contribution in [0.4, 0.5) is 5.69 Å². The summed E-state index contributed by atoms with van der Waals surface area (Å²) in [7, 11) is 0. The van der Waals surface area contributed by atoms with Gasteiger partial charge in [0.2, 0.25) is 0 Å². The predicted octanol–water partition coefficient (Wildman–Crippen LogP) is 3.50. The van der Waals surface area contributed by atoms with Crippen LogP contribution in [0.2, 0.25) is 0 Å². The van der Waals surface area contributed by atoms with Crippen LogP contribution in [0, 0.1) is 0 Å². The molecule has 1 aromatic heterocycles. The average Bonchev–Trinajstić information content (AvgIpc) is 3.36. The number of ether oxygens (including phenoxy) is 1. The van der Waals surface area contributed by atoms with E-state index in [0.717, 1.165) is 32.0 Å². The van der Waals surface area contributed by atoms with Crippen molar-refractivity contribution in [3.63, 3.8) is 0 Å². The molecule has 2 aromatic rings. The Kier molecular flexibility index (Phi) is 6.49. The Morgan fingerprint density at radius 2 is 1.71 bits per heavy atom. The maximum Gasteiger partial charge on any atom is 0.139 e. The number of hydrogen-bond donors (Lipinski definition) is 1. The van der Waals surface area contributed by atoms with Crippen LogP contribution >= 0.6 is 0 Å². The quantitative estimate of drug-likeness (QED) is 0.933. The van der Waals surface area contributed by atoms with Crippen molar-refractivity contribution in [2.45, 2.75) is 31.7 Å². The molecule has 0 bridgehead atoms. The number of anilines is 1. The van der Waals surface area contributed by atoms with E-state index < -0.39 is 0 Å². The molecule has 2 aliphatic heterocycles. The first kappa shape index (κ1) is 16.8. The van der Waals surface area contributed by atoms with E-state index in [1.807, 2.05) is 48.8 Å². The van der Waals surface area contributed by atoms with Gasteiger partial charge in [0.25, 0.3) is 0 Å². The van der Waals surface area contributed by atoms with Gasteiger partial charge in [-0.05, 0) is 32.2 Å². The van der Waals surface area contributed by atoms with Crippen LogP contribution in [0.25, 0.3) is 0 Å². The lowest BCUT2D eigenvalue weighted by Gasteiger charge is -2.18. The second-order valence-corrected chi connectivity index (χ2v) is 6.33. The smallest absolute Gasteiger partial charge is 0.139 e. The lowest BCUT2D eigenvalue weighted by molar-refractivity contribution is 0.276. The maximum absolute atomic E-state index is 5.84. The number of aromatic nitrogens is 1. The van der Waals surface area contributed by atoms with E-state index in [1.165, 1.54) is 31.4 Å². The second-order valence-electron chi connectivity index (χ2n) is 6.33. The molecule has 1 atom stereocenters. The molecule has 0 saturated carbocycles. The van der Waals surface area contributed by atoms with Crippen molar-refractivity contribution in [3.8, 4) is 5.75 Å². The summed E-state index contributed by atoms with van der Waals surface area (Å²) in [6.45, 7) is 4.18. The Morgan fingerprint density at radius 1 is 1.00 bits per heavy atom. The monoisotopic (exact) mass is 325 g/mol. The largest absolute Gasteiger partial charge is 0.490 e. The van der Waals surface area contributed by atoms with Crippen LogP contribution in [-0.4, -0.2) is 37.3 Å². The molecule has 1 N–H and O–H groups in total. The zero-order chi connectivity index (χ0) is 16.5. The maximum atomic E-state index is 5.84. The van der Waals surface area contributed by atoms with Crippen LogP contribution in [0.15, 0.2) is 54.9 Å². The molecule has 1 aromatic carbocycles. The number of nitrogens with one attached hydrogen (secondary N) is 1. The van der Waals surface area contributed by atoms with Crippen molar-refractivity contribution in [2.75, 3.05) is 31.1 Å². The van der Waals surface area contributed by atoms with E-state index in [0.29, 0.717) is 6.04 Å². The molecule has 0 spiro atoms. The van der Waals surface area contributed by atoms with Gasteiger partial charge in [-0.15, -0.1) is 0 Å².